The zero-order chi connectivity index (χ0) is 13.5. The van der Waals surface area contributed by atoms with Crippen molar-refractivity contribution >= 4 is 0 Å². The van der Waals surface area contributed by atoms with Crippen LogP contribution < -0.4 is 0 Å². The van der Waals surface area contributed by atoms with Crippen LogP contribution in [0.2, 0.25) is 0 Å². The van der Waals surface area contributed by atoms with Crippen LogP contribution in [0.4, 0.5) is 26.3 Å². The molecule has 1 rings (SSSR count). The number of hydrogen-bond donors (Lipinski definition) is 0. The largest absolute Gasteiger partial charge is 0.276 e. The fraction of sp³-hybridized carbons (Fsp3) is 0.455. The summed E-state index contributed by atoms with van der Waals surface area (Å²) >= 11 is 0. The molecule has 0 fully saturated rings. The molecule has 0 saturated heterocycles. The Morgan fingerprint density at radius 2 is 1.18 bits per heavy atom. The summed E-state index contributed by atoms with van der Waals surface area (Å²) in [5.74, 6) is -12.5. The topological polar surface area (TPSA) is 0 Å². The molecule has 0 unspecified atom stereocenters. The van der Waals surface area contributed by atoms with Gasteiger partial charge in [0, 0.05) is 12.5 Å². The van der Waals surface area contributed by atoms with E-state index < -0.39 is 46.2 Å². The smallest absolute Gasteiger partial charge is 0.203 e. The fourth-order valence-corrected chi connectivity index (χ4v) is 1.54. The molecule has 0 N–H and O–H groups in total. The van der Waals surface area contributed by atoms with Crippen LogP contribution in [0.1, 0.15) is 37.8 Å². The highest BCUT2D eigenvalue weighted by Gasteiger charge is 2.38. The van der Waals surface area contributed by atoms with E-state index in [9.17, 15) is 26.3 Å². The molecule has 0 aliphatic rings. The van der Waals surface area contributed by atoms with Crippen molar-refractivity contribution in [2.75, 3.05) is 0 Å². The zero-order valence-corrected chi connectivity index (χ0v) is 9.35. The quantitative estimate of drug-likeness (QED) is 0.540. The molecule has 96 valence electrons. The standard InChI is InChI=1S/C11H10F6/c1-4(2)5-7(12)9(14)6(11(3,16)17)10(15)8(5)13/h4H,1-3H3. The summed E-state index contributed by atoms with van der Waals surface area (Å²) in [6.45, 7) is 2.76. The molecule has 1 aromatic rings. The number of benzene rings is 1. The van der Waals surface area contributed by atoms with Crippen molar-refractivity contribution in [3.05, 3.63) is 34.4 Å². The predicted molar refractivity (Wildman–Crippen MR) is 49.9 cm³/mol. The molecule has 0 heterocycles. The van der Waals surface area contributed by atoms with E-state index in [-0.39, 0.29) is 6.92 Å². The van der Waals surface area contributed by atoms with Crippen molar-refractivity contribution in [3.63, 3.8) is 0 Å². The Morgan fingerprint density at radius 3 is 1.41 bits per heavy atom. The van der Waals surface area contributed by atoms with Crippen LogP contribution in [0.15, 0.2) is 0 Å². The summed E-state index contributed by atoms with van der Waals surface area (Å²) in [4.78, 5) is 0. The molecular weight excluding hydrogens is 246 g/mol. The van der Waals surface area contributed by atoms with Gasteiger partial charge >= 0.3 is 0 Å². The molecule has 0 aliphatic heterocycles. The lowest BCUT2D eigenvalue weighted by Gasteiger charge is -2.17. The molecule has 0 amide bonds. The number of hydrogen-bond acceptors (Lipinski definition) is 0. The van der Waals surface area contributed by atoms with Gasteiger partial charge in [-0.05, 0) is 5.92 Å². The van der Waals surface area contributed by atoms with Gasteiger partial charge in [0.05, 0.1) is 5.56 Å². The van der Waals surface area contributed by atoms with Gasteiger partial charge in [-0.25, -0.2) is 26.3 Å². The highest BCUT2D eigenvalue weighted by molar-refractivity contribution is 5.33. The van der Waals surface area contributed by atoms with E-state index in [0.717, 1.165) is 0 Å². The lowest BCUT2D eigenvalue weighted by atomic mass is 9.97. The molecule has 0 nitrogen and oxygen atoms in total. The van der Waals surface area contributed by atoms with Crippen LogP contribution in [0.25, 0.3) is 0 Å². The van der Waals surface area contributed by atoms with Crippen molar-refractivity contribution in [3.8, 4) is 0 Å². The second-order valence-corrected chi connectivity index (χ2v) is 4.09. The first-order valence-corrected chi connectivity index (χ1v) is 4.83. The van der Waals surface area contributed by atoms with Crippen molar-refractivity contribution in [2.45, 2.75) is 32.6 Å². The van der Waals surface area contributed by atoms with Crippen LogP contribution in [0.5, 0.6) is 0 Å². The van der Waals surface area contributed by atoms with Crippen LogP contribution in [-0.2, 0) is 5.92 Å². The predicted octanol–water partition coefficient (Wildman–Crippen LogP) is 4.48. The highest BCUT2D eigenvalue weighted by atomic mass is 19.3. The molecule has 0 bridgehead atoms. The second-order valence-electron chi connectivity index (χ2n) is 4.09. The molecule has 1 aromatic carbocycles. The number of halogens is 6. The van der Waals surface area contributed by atoms with Crippen LogP contribution in [0, 0.1) is 23.3 Å². The summed E-state index contributed by atoms with van der Waals surface area (Å²) in [5, 5.41) is 0. The lowest BCUT2D eigenvalue weighted by molar-refractivity contribution is 0.00813. The van der Waals surface area contributed by atoms with Crippen molar-refractivity contribution in [1.82, 2.24) is 0 Å². The van der Waals surface area contributed by atoms with Gasteiger partial charge in [0.15, 0.2) is 23.3 Å². The Kier molecular flexibility index (Phi) is 3.45. The van der Waals surface area contributed by atoms with Gasteiger partial charge in [-0.3, -0.25) is 0 Å². The molecule has 0 saturated carbocycles. The van der Waals surface area contributed by atoms with Gasteiger partial charge < -0.3 is 0 Å². The summed E-state index contributed by atoms with van der Waals surface area (Å²) in [5.41, 5.74) is -2.75. The van der Waals surface area contributed by atoms with E-state index in [1.807, 2.05) is 0 Å². The summed E-state index contributed by atoms with van der Waals surface area (Å²) in [6, 6.07) is 0. The van der Waals surface area contributed by atoms with Crippen molar-refractivity contribution in [2.24, 2.45) is 0 Å². The first-order valence-electron chi connectivity index (χ1n) is 4.83. The Labute approximate surface area is 94.2 Å². The van der Waals surface area contributed by atoms with E-state index in [2.05, 4.69) is 0 Å². The molecular formula is C11H10F6. The Hall–Kier alpha value is -1.20. The number of alkyl halides is 2. The highest BCUT2D eigenvalue weighted by Crippen LogP contribution is 2.37. The average Bonchev–Trinajstić information content (AvgIpc) is 2.12. The molecule has 0 aromatic heterocycles. The van der Waals surface area contributed by atoms with Gasteiger partial charge in [0.1, 0.15) is 0 Å². The Bertz CT molecular complexity index is 415. The molecule has 0 spiro atoms. The number of rotatable bonds is 2. The Morgan fingerprint density at radius 1 is 0.824 bits per heavy atom. The van der Waals surface area contributed by atoms with E-state index in [1.165, 1.54) is 13.8 Å². The van der Waals surface area contributed by atoms with Crippen LogP contribution in [-0.4, -0.2) is 0 Å². The lowest BCUT2D eigenvalue weighted by Crippen LogP contribution is -2.18. The van der Waals surface area contributed by atoms with Crippen molar-refractivity contribution < 1.29 is 26.3 Å². The van der Waals surface area contributed by atoms with E-state index in [1.54, 1.807) is 0 Å². The second kappa shape index (κ2) is 4.23. The molecule has 17 heavy (non-hydrogen) atoms. The van der Waals surface area contributed by atoms with Crippen molar-refractivity contribution in [1.29, 1.82) is 0 Å². The average molecular weight is 256 g/mol. The van der Waals surface area contributed by atoms with E-state index >= 15 is 0 Å². The van der Waals surface area contributed by atoms with Gasteiger partial charge in [0.25, 0.3) is 5.92 Å². The molecule has 0 aliphatic carbocycles. The minimum absolute atomic E-state index is 0.169. The maximum atomic E-state index is 13.4. The SMILES string of the molecule is CC(C)c1c(F)c(F)c(C(C)(F)F)c(F)c1F. The van der Waals surface area contributed by atoms with Gasteiger partial charge in [-0.15, -0.1) is 0 Å². The first kappa shape index (κ1) is 13.9. The van der Waals surface area contributed by atoms with E-state index in [0.29, 0.717) is 0 Å². The van der Waals surface area contributed by atoms with Gasteiger partial charge in [0.2, 0.25) is 0 Å². The fourth-order valence-electron chi connectivity index (χ4n) is 1.54. The summed E-state index contributed by atoms with van der Waals surface area (Å²) in [7, 11) is 0. The van der Waals surface area contributed by atoms with Crippen LogP contribution in [0.3, 0.4) is 0 Å². The first-order chi connectivity index (χ1) is 7.59. The third-order valence-electron chi connectivity index (χ3n) is 2.31. The maximum absolute atomic E-state index is 13.4. The third kappa shape index (κ3) is 2.25. The Balaban J connectivity index is 3.71. The maximum Gasteiger partial charge on any atom is 0.276 e. The normalized spacial score (nSPS) is 12.4. The summed E-state index contributed by atoms with van der Waals surface area (Å²) < 4.78 is 79.0. The monoisotopic (exact) mass is 256 g/mol. The minimum atomic E-state index is -3.99. The molecule has 6 heteroatoms. The summed E-state index contributed by atoms with van der Waals surface area (Å²) in [6.07, 6.45) is 0. The zero-order valence-electron chi connectivity index (χ0n) is 9.35. The molecule has 0 radical (unpaired) electrons. The third-order valence-corrected chi connectivity index (χ3v) is 2.31. The molecule has 0 atom stereocenters. The minimum Gasteiger partial charge on any atom is -0.203 e. The van der Waals surface area contributed by atoms with Crippen LogP contribution >= 0.6 is 0 Å². The van der Waals surface area contributed by atoms with Gasteiger partial charge in [-0.1, -0.05) is 13.8 Å². The van der Waals surface area contributed by atoms with Gasteiger partial charge in [-0.2, -0.15) is 0 Å². The van der Waals surface area contributed by atoms with E-state index in [4.69, 9.17) is 0 Å².